The summed E-state index contributed by atoms with van der Waals surface area (Å²) in [5.74, 6) is 0. The maximum absolute atomic E-state index is 7.08. The van der Waals surface area contributed by atoms with Crippen LogP contribution in [0.3, 0.4) is 0 Å². The third-order valence-electron chi connectivity index (χ3n) is 8.06. The van der Waals surface area contributed by atoms with Crippen LogP contribution in [-0.2, 0) is 17.1 Å². The van der Waals surface area contributed by atoms with Crippen molar-refractivity contribution in [3.05, 3.63) is 11.5 Å². The summed E-state index contributed by atoms with van der Waals surface area (Å²) in [6, 6.07) is 0. The minimum atomic E-state index is 0. The van der Waals surface area contributed by atoms with E-state index in [1.807, 2.05) is 0 Å². The number of hydrogen-bond acceptors (Lipinski definition) is 0. The quantitative estimate of drug-likeness (QED) is 0.0545. The molecule has 0 rings (SSSR count). The molecule has 0 aliphatic carbocycles. The number of hydrogen-bond donors (Lipinski definition) is 0. The van der Waals surface area contributed by atoms with E-state index in [1.165, 1.54) is 193 Å². The Morgan fingerprint density at radius 3 is 0.487 bits per heavy atom. The van der Waals surface area contributed by atoms with Crippen molar-refractivity contribution in [2.75, 3.05) is 13.1 Å². The van der Waals surface area contributed by atoms with Crippen LogP contribution in [0.25, 0.3) is 11.5 Å². The first-order valence-corrected chi connectivity index (χ1v) is 18.1. The predicted molar refractivity (Wildman–Crippen MR) is 177 cm³/mol. The van der Waals surface area contributed by atoms with Crippen LogP contribution < -0.4 is 0 Å². The van der Waals surface area contributed by atoms with Gasteiger partial charge in [-0.25, -0.2) is 0 Å². The maximum Gasteiger partial charge on any atom is 2.00 e. The van der Waals surface area contributed by atoms with Crippen LogP contribution in [0.15, 0.2) is 0 Å². The van der Waals surface area contributed by atoms with Crippen molar-refractivity contribution in [3.8, 4) is 0 Å². The summed E-state index contributed by atoms with van der Waals surface area (Å²) in [6.45, 7) is 5.82. The van der Waals surface area contributed by atoms with Crippen LogP contribution in [0, 0.1) is 0 Å². The third-order valence-corrected chi connectivity index (χ3v) is 8.06. The van der Waals surface area contributed by atoms with Gasteiger partial charge in [0.25, 0.3) is 0 Å². The fourth-order valence-electron chi connectivity index (χ4n) is 5.35. The van der Waals surface area contributed by atoms with Crippen molar-refractivity contribution in [1.82, 2.24) is 0 Å². The standard InChI is InChI=1S/2C18H38N.Cu/c2*1-2-3-4-5-6-7-8-9-10-11-12-13-14-15-16-17-18-19;/h2*19H,2-18H2,1H3;/q2*-1;+2. The van der Waals surface area contributed by atoms with Gasteiger partial charge < -0.3 is 11.5 Å². The van der Waals surface area contributed by atoms with Gasteiger partial charge in [0.15, 0.2) is 0 Å². The van der Waals surface area contributed by atoms with E-state index < -0.39 is 0 Å². The SMILES string of the molecule is CCCCCCCCCCCCCCCCCC[NH-].CCCCCCCCCCCCCCCCCC[NH-].[Cu+2]. The molecule has 0 saturated heterocycles. The third kappa shape index (κ3) is 48.5. The Morgan fingerprint density at radius 1 is 0.231 bits per heavy atom. The first kappa shape index (κ1) is 43.9. The van der Waals surface area contributed by atoms with E-state index >= 15 is 0 Å². The van der Waals surface area contributed by atoms with Gasteiger partial charge in [-0.15, -0.1) is 0 Å². The van der Waals surface area contributed by atoms with Crippen molar-refractivity contribution >= 4 is 0 Å². The molecule has 0 bridgehead atoms. The first-order chi connectivity index (χ1) is 18.8. The summed E-state index contributed by atoms with van der Waals surface area (Å²) < 4.78 is 0. The molecule has 0 heterocycles. The van der Waals surface area contributed by atoms with E-state index in [0.717, 1.165) is 12.8 Å². The van der Waals surface area contributed by atoms with Crippen LogP contribution >= 0.6 is 0 Å². The molecular formula is C36H76CuN2. The van der Waals surface area contributed by atoms with Gasteiger partial charge in [0.1, 0.15) is 0 Å². The van der Waals surface area contributed by atoms with Crippen molar-refractivity contribution in [2.24, 2.45) is 0 Å². The zero-order valence-electron chi connectivity index (χ0n) is 27.3. The summed E-state index contributed by atoms with van der Waals surface area (Å²) in [7, 11) is 0. The summed E-state index contributed by atoms with van der Waals surface area (Å²) in [4.78, 5) is 0. The van der Waals surface area contributed by atoms with E-state index in [9.17, 15) is 0 Å². The Kier molecular flexibility index (Phi) is 51.1. The van der Waals surface area contributed by atoms with E-state index in [-0.39, 0.29) is 17.1 Å². The molecule has 0 aromatic rings. The molecule has 39 heavy (non-hydrogen) atoms. The zero-order chi connectivity index (χ0) is 28.0. The van der Waals surface area contributed by atoms with Gasteiger partial charge in [-0.2, -0.15) is 13.1 Å². The van der Waals surface area contributed by atoms with Gasteiger partial charge in [0, 0.05) is 0 Å². The first-order valence-electron chi connectivity index (χ1n) is 18.1. The van der Waals surface area contributed by atoms with Crippen LogP contribution in [0.2, 0.25) is 0 Å². The molecule has 0 spiro atoms. The molecule has 0 aliphatic rings. The van der Waals surface area contributed by atoms with Crippen molar-refractivity contribution < 1.29 is 17.1 Å². The Hall–Kier alpha value is 0.439. The second kappa shape index (κ2) is 45.4. The number of rotatable bonds is 32. The smallest absolute Gasteiger partial charge is 0.677 e. The summed E-state index contributed by atoms with van der Waals surface area (Å²) in [5, 5.41) is 0. The number of unbranched alkanes of at least 4 members (excludes halogenated alkanes) is 30. The van der Waals surface area contributed by atoms with Crippen LogP contribution in [0.5, 0.6) is 0 Å². The van der Waals surface area contributed by atoms with Crippen LogP contribution in [0.1, 0.15) is 219 Å². The Labute approximate surface area is 260 Å². The number of nitrogens with one attached hydrogen (secondary N) is 2. The molecule has 0 aromatic heterocycles. The molecule has 0 aromatic carbocycles. The second-order valence-corrected chi connectivity index (χ2v) is 12.1. The van der Waals surface area contributed by atoms with E-state index in [1.54, 1.807) is 0 Å². The normalized spacial score (nSPS) is 10.8. The van der Waals surface area contributed by atoms with E-state index in [2.05, 4.69) is 13.8 Å². The maximum atomic E-state index is 7.08. The molecule has 2 N–H and O–H groups in total. The minimum Gasteiger partial charge on any atom is -0.677 e. The Morgan fingerprint density at radius 2 is 0.359 bits per heavy atom. The minimum absolute atomic E-state index is 0. The summed E-state index contributed by atoms with van der Waals surface area (Å²) in [5.41, 5.74) is 14.2. The van der Waals surface area contributed by atoms with Gasteiger partial charge >= 0.3 is 17.1 Å². The van der Waals surface area contributed by atoms with Gasteiger partial charge in [-0.1, -0.05) is 219 Å². The Bertz CT molecular complexity index is 298. The molecule has 0 saturated carbocycles. The molecule has 0 amide bonds. The van der Waals surface area contributed by atoms with Crippen LogP contribution in [0.4, 0.5) is 0 Å². The van der Waals surface area contributed by atoms with Gasteiger partial charge in [0.2, 0.25) is 0 Å². The topological polar surface area (TPSA) is 47.6 Å². The second-order valence-electron chi connectivity index (χ2n) is 12.1. The fourth-order valence-corrected chi connectivity index (χ4v) is 5.35. The zero-order valence-corrected chi connectivity index (χ0v) is 28.3. The largest absolute Gasteiger partial charge is 2.00 e. The summed E-state index contributed by atoms with van der Waals surface area (Å²) >= 11 is 0. The molecule has 0 fully saturated rings. The average Bonchev–Trinajstić information content (AvgIpc) is 2.93. The molecule has 0 aliphatic heterocycles. The molecule has 3 heteroatoms. The molecule has 241 valence electrons. The molecule has 1 radical (unpaired) electrons. The van der Waals surface area contributed by atoms with Crippen LogP contribution in [-0.4, -0.2) is 13.1 Å². The van der Waals surface area contributed by atoms with Gasteiger partial charge in [0.05, 0.1) is 0 Å². The molecule has 0 atom stereocenters. The molecule has 0 unspecified atom stereocenters. The molecular weight excluding hydrogens is 524 g/mol. The monoisotopic (exact) mass is 600 g/mol. The van der Waals surface area contributed by atoms with Gasteiger partial charge in [-0.05, 0) is 0 Å². The van der Waals surface area contributed by atoms with Gasteiger partial charge in [-0.3, -0.25) is 0 Å². The Balaban J connectivity index is -0.000000648. The van der Waals surface area contributed by atoms with Crippen molar-refractivity contribution in [2.45, 2.75) is 219 Å². The van der Waals surface area contributed by atoms with Crippen molar-refractivity contribution in [1.29, 1.82) is 0 Å². The van der Waals surface area contributed by atoms with Crippen molar-refractivity contribution in [3.63, 3.8) is 0 Å². The molecule has 2 nitrogen and oxygen atoms in total. The van der Waals surface area contributed by atoms with E-state index in [4.69, 9.17) is 11.5 Å². The average molecular weight is 601 g/mol. The fraction of sp³-hybridized carbons (Fsp3) is 1.00. The summed E-state index contributed by atoms with van der Waals surface area (Å²) in [6.07, 6.45) is 45.0. The predicted octanol–water partition coefficient (Wildman–Crippen LogP) is 14.6. The van der Waals surface area contributed by atoms with E-state index in [0.29, 0.717) is 13.1 Å².